The van der Waals surface area contributed by atoms with Crippen LogP contribution >= 0.6 is 0 Å². The van der Waals surface area contributed by atoms with Crippen molar-refractivity contribution < 1.29 is 14.4 Å². The van der Waals surface area contributed by atoms with E-state index in [1.165, 1.54) is 26.2 Å². The highest BCUT2D eigenvalue weighted by Gasteiger charge is 2.26. The van der Waals surface area contributed by atoms with E-state index < -0.39 is 0 Å². The molecule has 1 heterocycles. The van der Waals surface area contributed by atoms with Gasteiger partial charge in [0.15, 0.2) is 0 Å². The van der Waals surface area contributed by atoms with Crippen molar-refractivity contribution >= 4 is 17.8 Å². The van der Waals surface area contributed by atoms with Crippen LogP contribution in [0.1, 0.15) is 75.5 Å². The molecule has 1 aliphatic carbocycles. The predicted molar refractivity (Wildman–Crippen MR) is 120 cm³/mol. The molecule has 170 valence electrons. The SMILES string of the molecule is CC(=O)NC(CC(=O)NC1CCN(C(=O)NC2CCCCC2)CC1)c1ccc(C)cc1. The topological polar surface area (TPSA) is 90.5 Å². The summed E-state index contributed by atoms with van der Waals surface area (Å²) in [7, 11) is 0. The molecule has 1 aromatic rings. The Morgan fingerprint density at radius 2 is 1.55 bits per heavy atom. The summed E-state index contributed by atoms with van der Waals surface area (Å²) >= 11 is 0. The summed E-state index contributed by atoms with van der Waals surface area (Å²) in [6.07, 6.45) is 7.51. The molecule has 1 unspecified atom stereocenters. The third-order valence-electron chi connectivity index (χ3n) is 6.33. The van der Waals surface area contributed by atoms with Crippen LogP contribution in [-0.2, 0) is 9.59 Å². The molecule has 2 aliphatic rings. The van der Waals surface area contributed by atoms with Gasteiger partial charge in [-0.25, -0.2) is 4.79 Å². The molecule has 0 aromatic heterocycles. The number of amides is 4. The van der Waals surface area contributed by atoms with Crippen molar-refractivity contribution in [3.8, 4) is 0 Å². The predicted octanol–water partition coefficient (Wildman–Crippen LogP) is 3.19. The zero-order valence-electron chi connectivity index (χ0n) is 18.8. The van der Waals surface area contributed by atoms with E-state index in [0.29, 0.717) is 19.1 Å². The smallest absolute Gasteiger partial charge is 0.317 e. The number of likely N-dealkylation sites (tertiary alicyclic amines) is 1. The van der Waals surface area contributed by atoms with E-state index in [0.717, 1.165) is 36.8 Å². The number of benzene rings is 1. The Morgan fingerprint density at radius 1 is 0.935 bits per heavy atom. The number of nitrogens with zero attached hydrogens (tertiary/aromatic N) is 1. The molecule has 7 heteroatoms. The lowest BCUT2D eigenvalue weighted by Gasteiger charge is -2.34. The van der Waals surface area contributed by atoms with Crippen LogP contribution in [-0.4, -0.2) is 47.9 Å². The van der Waals surface area contributed by atoms with Crippen molar-refractivity contribution in [2.75, 3.05) is 13.1 Å². The molecule has 0 radical (unpaired) electrons. The Hall–Kier alpha value is -2.57. The maximum Gasteiger partial charge on any atom is 0.317 e. The fourth-order valence-electron chi connectivity index (χ4n) is 4.51. The van der Waals surface area contributed by atoms with Gasteiger partial charge < -0.3 is 20.9 Å². The second-order valence-corrected chi connectivity index (χ2v) is 8.98. The molecule has 0 bridgehead atoms. The van der Waals surface area contributed by atoms with Crippen molar-refractivity contribution in [2.45, 2.75) is 83.3 Å². The fourth-order valence-corrected chi connectivity index (χ4v) is 4.51. The van der Waals surface area contributed by atoms with Gasteiger partial charge in [0.25, 0.3) is 0 Å². The number of hydrogen-bond donors (Lipinski definition) is 3. The van der Waals surface area contributed by atoms with E-state index in [2.05, 4.69) is 16.0 Å². The highest BCUT2D eigenvalue weighted by molar-refractivity contribution is 5.79. The summed E-state index contributed by atoms with van der Waals surface area (Å²) in [6.45, 7) is 4.77. The average molecular weight is 429 g/mol. The van der Waals surface area contributed by atoms with Gasteiger partial charge in [0, 0.05) is 32.1 Å². The highest BCUT2D eigenvalue weighted by Crippen LogP contribution is 2.20. The molecule has 1 aliphatic heterocycles. The second kappa shape index (κ2) is 11.2. The van der Waals surface area contributed by atoms with Gasteiger partial charge in [-0.2, -0.15) is 0 Å². The molecule has 2 fully saturated rings. The van der Waals surface area contributed by atoms with Crippen LogP contribution in [0.4, 0.5) is 4.79 Å². The van der Waals surface area contributed by atoms with Crippen molar-refractivity contribution in [3.63, 3.8) is 0 Å². The first-order valence-corrected chi connectivity index (χ1v) is 11.6. The number of carbonyl (C=O) groups excluding carboxylic acids is 3. The molecular formula is C24H36N4O3. The van der Waals surface area contributed by atoms with E-state index in [-0.39, 0.29) is 36.3 Å². The lowest BCUT2D eigenvalue weighted by molar-refractivity contribution is -0.123. The number of piperidine rings is 1. The monoisotopic (exact) mass is 428 g/mol. The minimum absolute atomic E-state index is 0.0294. The van der Waals surface area contributed by atoms with Crippen molar-refractivity contribution in [3.05, 3.63) is 35.4 Å². The number of rotatable bonds is 6. The molecule has 1 atom stereocenters. The minimum Gasteiger partial charge on any atom is -0.353 e. The summed E-state index contributed by atoms with van der Waals surface area (Å²) in [5, 5.41) is 9.15. The molecule has 3 N–H and O–H groups in total. The molecule has 7 nitrogen and oxygen atoms in total. The van der Waals surface area contributed by atoms with E-state index in [1.54, 1.807) is 0 Å². The normalized spacial score (nSPS) is 18.8. The minimum atomic E-state index is -0.348. The highest BCUT2D eigenvalue weighted by atomic mass is 16.2. The van der Waals surface area contributed by atoms with Gasteiger partial charge in [-0.1, -0.05) is 49.1 Å². The third kappa shape index (κ3) is 7.26. The molecule has 1 saturated carbocycles. The second-order valence-electron chi connectivity index (χ2n) is 8.98. The summed E-state index contributed by atoms with van der Waals surface area (Å²) in [4.78, 5) is 38.7. The van der Waals surface area contributed by atoms with Gasteiger partial charge in [0.1, 0.15) is 0 Å². The van der Waals surface area contributed by atoms with Gasteiger partial charge >= 0.3 is 6.03 Å². The van der Waals surface area contributed by atoms with E-state index in [1.807, 2.05) is 36.1 Å². The van der Waals surface area contributed by atoms with Gasteiger partial charge in [0.2, 0.25) is 11.8 Å². The first-order chi connectivity index (χ1) is 14.9. The van der Waals surface area contributed by atoms with Crippen molar-refractivity contribution in [1.29, 1.82) is 0 Å². The zero-order valence-corrected chi connectivity index (χ0v) is 18.8. The molecule has 1 aromatic carbocycles. The Bertz CT molecular complexity index is 751. The van der Waals surface area contributed by atoms with Crippen LogP contribution in [0.2, 0.25) is 0 Å². The van der Waals surface area contributed by atoms with Crippen LogP contribution in [0.5, 0.6) is 0 Å². The first kappa shape index (κ1) is 23.1. The van der Waals surface area contributed by atoms with Gasteiger partial charge in [-0.15, -0.1) is 0 Å². The zero-order chi connectivity index (χ0) is 22.2. The van der Waals surface area contributed by atoms with Crippen molar-refractivity contribution in [2.24, 2.45) is 0 Å². The first-order valence-electron chi connectivity index (χ1n) is 11.6. The van der Waals surface area contributed by atoms with Crippen LogP contribution < -0.4 is 16.0 Å². The largest absolute Gasteiger partial charge is 0.353 e. The van der Waals surface area contributed by atoms with Gasteiger partial charge in [-0.05, 0) is 38.2 Å². The number of carbonyl (C=O) groups is 3. The Balaban J connectivity index is 1.45. The summed E-state index contributed by atoms with van der Waals surface area (Å²) in [5.74, 6) is -0.236. The van der Waals surface area contributed by atoms with Crippen LogP contribution in [0, 0.1) is 6.92 Å². The maximum absolute atomic E-state index is 12.7. The standard InChI is InChI=1S/C24H36N4O3/c1-17-8-10-19(11-9-17)22(25-18(2)29)16-23(30)26-21-12-14-28(15-13-21)24(31)27-20-6-4-3-5-7-20/h8-11,20-22H,3-7,12-16H2,1-2H3,(H,25,29)(H,26,30)(H,27,31). The summed E-state index contributed by atoms with van der Waals surface area (Å²) in [5.41, 5.74) is 2.05. The molecule has 1 saturated heterocycles. The molecule has 3 rings (SSSR count). The van der Waals surface area contributed by atoms with E-state index in [9.17, 15) is 14.4 Å². The van der Waals surface area contributed by atoms with Crippen LogP contribution in [0.3, 0.4) is 0 Å². The lowest BCUT2D eigenvalue weighted by Crippen LogP contribution is -2.51. The summed E-state index contributed by atoms with van der Waals surface area (Å²) < 4.78 is 0. The Morgan fingerprint density at radius 3 is 2.16 bits per heavy atom. The molecule has 0 spiro atoms. The van der Waals surface area contributed by atoms with E-state index >= 15 is 0 Å². The Kier molecular flexibility index (Phi) is 8.32. The molecular weight excluding hydrogens is 392 g/mol. The Labute approximate surface area is 185 Å². The fraction of sp³-hybridized carbons (Fsp3) is 0.625. The maximum atomic E-state index is 12.7. The number of nitrogens with one attached hydrogen (secondary N) is 3. The average Bonchev–Trinajstić information content (AvgIpc) is 2.74. The van der Waals surface area contributed by atoms with Crippen molar-refractivity contribution in [1.82, 2.24) is 20.9 Å². The summed E-state index contributed by atoms with van der Waals surface area (Å²) in [6, 6.07) is 7.92. The van der Waals surface area contributed by atoms with Crippen LogP contribution in [0.25, 0.3) is 0 Å². The lowest BCUT2D eigenvalue weighted by atomic mass is 9.95. The molecule has 4 amide bonds. The van der Waals surface area contributed by atoms with Crippen LogP contribution in [0.15, 0.2) is 24.3 Å². The molecule has 31 heavy (non-hydrogen) atoms. The van der Waals surface area contributed by atoms with Gasteiger partial charge in [0.05, 0.1) is 12.5 Å². The quantitative estimate of drug-likeness (QED) is 0.650. The third-order valence-corrected chi connectivity index (χ3v) is 6.33. The van der Waals surface area contributed by atoms with E-state index in [4.69, 9.17) is 0 Å². The number of aryl methyl sites for hydroxylation is 1. The van der Waals surface area contributed by atoms with Gasteiger partial charge in [-0.3, -0.25) is 9.59 Å². The number of urea groups is 1. The number of hydrogen-bond acceptors (Lipinski definition) is 3.